The van der Waals surface area contributed by atoms with Crippen molar-refractivity contribution in [1.82, 2.24) is 14.9 Å². The van der Waals surface area contributed by atoms with E-state index >= 15 is 0 Å². The zero-order chi connectivity index (χ0) is 21.5. The van der Waals surface area contributed by atoms with Crippen LogP contribution in [0.5, 0.6) is 0 Å². The summed E-state index contributed by atoms with van der Waals surface area (Å²) >= 11 is 6.03. The Labute approximate surface area is 174 Å². The van der Waals surface area contributed by atoms with Gasteiger partial charge in [-0.3, -0.25) is 14.4 Å². The van der Waals surface area contributed by atoms with Crippen LogP contribution in [0.2, 0.25) is 5.02 Å². The number of hydrogen-bond acceptors (Lipinski definition) is 4. The lowest BCUT2D eigenvalue weighted by molar-refractivity contribution is 0.0663. The van der Waals surface area contributed by atoms with Crippen molar-refractivity contribution in [3.63, 3.8) is 0 Å². The van der Waals surface area contributed by atoms with Crippen molar-refractivity contribution in [2.45, 2.75) is 25.1 Å². The van der Waals surface area contributed by atoms with E-state index in [0.29, 0.717) is 15.2 Å². The first-order chi connectivity index (χ1) is 14.3. The minimum Gasteiger partial charge on any atom is -0.354 e. The Bertz CT molecular complexity index is 1180. The largest absolute Gasteiger partial charge is 0.354 e. The van der Waals surface area contributed by atoms with Crippen LogP contribution >= 0.6 is 11.6 Å². The molecule has 5 nitrogen and oxygen atoms in total. The number of hydrogen-bond donors (Lipinski definition) is 1. The maximum atomic E-state index is 14.8. The van der Waals surface area contributed by atoms with Gasteiger partial charge in [-0.2, -0.15) is 13.2 Å². The molecule has 0 bridgehead atoms. The number of nitrogens with zero attached hydrogens (tertiary/aromatic N) is 3. The van der Waals surface area contributed by atoms with Crippen LogP contribution in [-0.2, 0) is 5.54 Å². The van der Waals surface area contributed by atoms with Crippen molar-refractivity contribution in [2.75, 3.05) is 0 Å². The molecule has 1 N–H and O–H groups in total. The quantitative estimate of drug-likeness (QED) is 0.631. The van der Waals surface area contributed by atoms with Gasteiger partial charge in [0.15, 0.2) is 0 Å². The van der Waals surface area contributed by atoms with E-state index < -0.39 is 29.6 Å². The molecule has 30 heavy (non-hydrogen) atoms. The molecule has 0 fully saturated rings. The van der Waals surface area contributed by atoms with Gasteiger partial charge in [0.1, 0.15) is 11.4 Å². The van der Waals surface area contributed by atoms with E-state index in [9.17, 15) is 18.0 Å². The van der Waals surface area contributed by atoms with Gasteiger partial charge in [0, 0.05) is 34.6 Å². The van der Waals surface area contributed by atoms with Crippen molar-refractivity contribution >= 4 is 17.4 Å². The Balaban J connectivity index is 1.86. The third-order valence-corrected chi connectivity index (χ3v) is 5.42. The van der Waals surface area contributed by atoms with Gasteiger partial charge in [-0.1, -0.05) is 29.8 Å². The van der Waals surface area contributed by atoms with Gasteiger partial charge in [0.05, 0.1) is 6.04 Å². The fraction of sp³-hybridized carbons (Fsp3) is 0.190. The van der Waals surface area contributed by atoms with Crippen molar-refractivity contribution in [3.05, 3.63) is 98.9 Å². The Morgan fingerprint density at radius 1 is 1.17 bits per heavy atom. The first-order valence-electron chi connectivity index (χ1n) is 9.06. The number of amidine groups is 1. The number of rotatable bonds is 4. The predicted octanol–water partition coefficient (Wildman–Crippen LogP) is 4.11. The highest BCUT2D eigenvalue weighted by atomic mass is 35.5. The summed E-state index contributed by atoms with van der Waals surface area (Å²) in [5, 5.41) is 3.73. The second kappa shape index (κ2) is 7.60. The standard InChI is InChI=1S/C21H16ClF3N4O/c1-12-21(14-5-7-15(22)8-6-14,16-3-2-10-26-18(16)23)28-19(27-12)13-4-9-17(30)29(11-13)20(24)25/h2-12,20H,1H3,(H,27,28)/t12-,21+/m0/s1. The molecule has 3 aromatic rings. The Morgan fingerprint density at radius 2 is 1.90 bits per heavy atom. The minimum atomic E-state index is -2.99. The lowest BCUT2D eigenvalue weighted by Gasteiger charge is -2.34. The molecule has 2 atom stereocenters. The number of halogens is 4. The summed E-state index contributed by atoms with van der Waals surface area (Å²) in [7, 11) is 0. The van der Waals surface area contributed by atoms with Crippen LogP contribution in [0.15, 0.2) is 70.7 Å². The highest BCUT2D eigenvalue weighted by molar-refractivity contribution is 6.30. The van der Waals surface area contributed by atoms with E-state index in [0.717, 1.165) is 12.3 Å². The highest BCUT2D eigenvalue weighted by Crippen LogP contribution is 2.39. The van der Waals surface area contributed by atoms with E-state index in [1.165, 1.54) is 12.3 Å². The molecule has 9 heteroatoms. The molecule has 2 aromatic heterocycles. The van der Waals surface area contributed by atoms with Crippen molar-refractivity contribution < 1.29 is 13.2 Å². The fourth-order valence-electron chi connectivity index (χ4n) is 3.71. The first kappa shape index (κ1) is 20.2. The summed E-state index contributed by atoms with van der Waals surface area (Å²) in [5.41, 5.74) is -0.776. The summed E-state index contributed by atoms with van der Waals surface area (Å²) in [6.45, 7) is -1.21. The normalized spacial score (nSPS) is 20.9. The smallest absolute Gasteiger partial charge is 0.321 e. The average molecular weight is 433 g/mol. The molecule has 0 saturated carbocycles. The third kappa shape index (κ3) is 3.27. The maximum absolute atomic E-state index is 14.8. The Morgan fingerprint density at radius 3 is 2.57 bits per heavy atom. The zero-order valence-electron chi connectivity index (χ0n) is 15.7. The topological polar surface area (TPSA) is 59.3 Å². The van der Waals surface area contributed by atoms with Gasteiger partial charge in [-0.15, -0.1) is 0 Å². The van der Waals surface area contributed by atoms with Crippen LogP contribution < -0.4 is 10.9 Å². The minimum absolute atomic E-state index is 0.251. The molecule has 3 heterocycles. The van der Waals surface area contributed by atoms with Crippen molar-refractivity contribution in [3.8, 4) is 0 Å². The van der Waals surface area contributed by atoms with E-state index in [-0.39, 0.29) is 17.0 Å². The van der Waals surface area contributed by atoms with E-state index in [1.54, 1.807) is 43.3 Å². The number of aromatic nitrogens is 2. The summed E-state index contributed by atoms with van der Waals surface area (Å²) in [6, 6.07) is 12.0. The van der Waals surface area contributed by atoms with Crippen LogP contribution in [0.1, 0.15) is 30.2 Å². The SMILES string of the molecule is C[C@@H]1N=C(c2ccc(=O)n(C(F)F)c2)N[C@]1(c1ccc(Cl)cc1)c1cccnc1F. The van der Waals surface area contributed by atoms with Gasteiger partial charge in [0.25, 0.3) is 5.56 Å². The van der Waals surface area contributed by atoms with Crippen LogP contribution in [-0.4, -0.2) is 21.4 Å². The third-order valence-electron chi connectivity index (χ3n) is 5.17. The molecule has 1 aromatic carbocycles. The molecule has 4 rings (SSSR count). The van der Waals surface area contributed by atoms with Gasteiger partial charge >= 0.3 is 6.55 Å². The summed E-state index contributed by atoms with van der Waals surface area (Å²) in [5.74, 6) is -0.420. The molecular formula is C21H16ClF3N4O. The molecule has 0 radical (unpaired) electrons. The number of nitrogens with one attached hydrogen (secondary N) is 1. The summed E-state index contributed by atoms with van der Waals surface area (Å²) in [6.07, 6.45) is 2.37. The maximum Gasteiger partial charge on any atom is 0.321 e. The molecular weight excluding hydrogens is 417 g/mol. The number of alkyl halides is 2. The molecule has 1 aliphatic heterocycles. The Kier molecular flexibility index (Phi) is 5.11. The monoisotopic (exact) mass is 432 g/mol. The average Bonchev–Trinajstić information content (AvgIpc) is 3.07. The number of benzene rings is 1. The van der Waals surface area contributed by atoms with E-state index in [4.69, 9.17) is 11.6 Å². The lowest BCUT2D eigenvalue weighted by atomic mass is 9.79. The lowest BCUT2D eigenvalue weighted by Crippen LogP contribution is -2.48. The van der Waals surface area contributed by atoms with Crippen LogP contribution in [0.3, 0.4) is 0 Å². The van der Waals surface area contributed by atoms with Gasteiger partial charge in [-0.25, -0.2) is 4.98 Å². The fourth-order valence-corrected chi connectivity index (χ4v) is 3.84. The Hall–Kier alpha value is -3.13. The van der Waals surface area contributed by atoms with Crippen LogP contribution in [0.4, 0.5) is 13.2 Å². The summed E-state index contributed by atoms with van der Waals surface area (Å²) < 4.78 is 41.5. The number of pyridine rings is 2. The second-order valence-electron chi connectivity index (χ2n) is 6.88. The zero-order valence-corrected chi connectivity index (χ0v) is 16.4. The molecule has 0 spiro atoms. The van der Waals surface area contributed by atoms with Gasteiger partial charge in [0.2, 0.25) is 5.95 Å². The molecule has 0 amide bonds. The summed E-state index contributed by atoms with van der Waals surface area (Å²) in [4.78, 5) is 20.0. The number of aliphatic imine (C=N–C) groups is 1. The van der Waals surface area contributed by atoms with Crippen molar-refractivity contribution in [2.24, 2.45) is 4.99 Å². The van der Waals surface area contributed by atoms with E-state index in [1.807, 2.05) is 0 Å². The highest BCUT2D eigenvalue weighted by Gasteiger charge is 2.47. The molecule has 0 saturated heterocycles. The van der Waals surface area contributed by atoms with Crippen LogP contribution in [0.25, 0.3) is 0 Å². The van der Waals surface area contributed by atoms with Crippen LogP contribution in [0, 0.1) is 5.95 Å². The van der Waals surface area contributed by atoms with Crippen molar-refractivity contribution in [1.29, 1.82) is 0 Å². The van der Waals surface area contributed by atoms with Gasteiger partial charge < -0.3 is 5.32 Å². The molecule has 0 unspecified atom stereocenters. The molecule has 154 valence electrons. The first-order valence-corrected chi connectivity index (χ1v) is 9.44. The van der Waals surface area contributed by atoms with Gasteiger partial charge in [-0.05, 0) is 36.8 Å². The second-order valence-corrected chi connectivity index (χ2v) is 7.31. The van der Waals surface area contributed by atoms with E-state index in [2.05, 4.69) is 15.3 Å². The predicted molar refractivity (Wildman–Crippen MR) is 108 cm³/mol. The molecule has 0 aliphatic carbocycles. The molecule has 1 aliphatic rings.